The van der Waals surface area contributed by atoms with E-state index >= 15 is 0 Å². The lowest BCUT2D eigenvalue weighted by Crippen LogP contribution is -2.25. The zero-order chi connectivity index (χ0) is 22.6. The van der Waals surface area contributed by atoms with Crippen molar-refractivity contribution in [2.75, 3.05) is 13.7 Å². The summed E-state index contributed by atoms with van der Waals surface area (Å²) < 4.78 is 15.4. The number of nitrogens with zero attached hydrogens (tertiary/aromatic N) is 1. The van der Waals surface area contributed by atoms with Crippen LogP contribution in [-0.2, 0) is 25.8 Å². The fourth-order valence-electron chi connectivity index (χ4n) is 2.30. The van der Waals surface area contributed by atoms with Crippen molar-refractivity contribution in [2.45, 2.75) is 6.61 Å². The first kappa shape index (κ1) is 22.9. The lowest BCUT2D eigenvalue weighted by molar-refractivity contribution is -0.763. The summed E-state index contributed by atoms with van der Waals surface area (Å²) in [7, 11) is 1.38. The molecular formula is C20H18N2O9. The van der Waals surface area contributed by atoms with E-state index in [1.54, 1.807) is 18.2 Å². The van der Waals surface area contributed by atoms with Crippen molar-refractivity contribution in [3.05, 3.63) is 69.8 Å². The first-order chi connectivity index (χ1) is 14.9. The molecule has 11 nitrogen and oxygen atoms in total. The smallest absolute Gasteiger partial charge is 0.336 e. The minimum Gasteiger partial charge on any atom is -0.493 e. The van der Waals surface area contributed by atoms with Crippen molar-refractivity contribution in [2.24, 2.45) is 0 Å². The Morgan fingerprint density at radius 1 is 1.13 bits per heavy atom. The maximum atomic E-state index is 12.0. The number of methoxy groups -OCH3 is 1. The SMILES string of the molecule is COc1cc(/C=C/C(=O)Oc2cccc(CO[N+](=O)[O-])c2)ccc1OC(=O)CNC=O. The van der Waals surface area contributed by atoms with Crippen LogP contribution in [-0.4, -0.2) is 37.1 Å². The Hall–Kier alpha value is -4.41. The van der Waals surface area contributed by atoms with Gasteiger partial charge < -0.3 is 24.4 Å². The molecule has 0 aliphatic heterocycles. The van der Waals surface area contributed by atoms with E-state index in [1.165, 1.54) is 43.5 Å². The Morgan fingerprint density at radius 3 is 2.65 bits per heavy atom. The maximum Gasteiger partial charge on any atom is 0.336 e. The fourth-order valence-corrected chi connectivity index (χ4v) is 2.30. The summed E-state index contributed by atoms with van der Waals surface area (Å²) in [6, 6.07) is 10.7. The number of carbonyl (C=O) groups is 3. The number of ether oxygens (including phenoxy) is 3. The highest BCUT2D eigenvalue weighted by atomic mass is 16.9. The van der Waals surface area contributed by atoms with Crippen LogP contribution >= 0.6 is 0 Å². The van der Waals surface area contributed by atoms with Gasteiger partial charge in [-0.15, -0.1) is 10.1 Å². The second kappa shape index (κ2) is 11.6. The summed E-state index contributed by atoms with van der Waals surface area (Å²) in [5.41, 5.74) is 1.02. The number of rotatable bonds is 11. The third kappa shape index (κ3) is 7.85. The molecule has 0 radical (unpaired) electrons. The van der Waals surface area contributed by atoms with Gasteiger partial charge in [0.1, 0.15) is 18.9 Å². The molecule has 2 rings (SSSR count). The van der Waals surface area contributed by atoms with Gasteiger partial charge >= 0.3 is 11.9 Å². The van der Waals surface area contributed by atoms with Crippen LogP contribution < -0.4 is 19.5 Å². The molecule has 0 unspecified atom stereocenters. The van der Waals surface area contributed by atoms with Crippen LogP contribution in [0.4, 0.5) is 0 Å². The molecule has 31 heavy (non-hydrogen) atoms. The van der Waals surface area contributed by atoms with Crippen LogP contribution in [0.3, 0.4) is 0 Å². The summed E-state index contributed by atoms with van der Waals surface area (Å²) in [4.78, 5) is 48.4. The number of amides is 1. The molecule has 2 aromatic carbocycles. The topological polar surface area (TPSA) is 143 Å². The summed E-state index contributed by atoms with van der Waals surface area (Å²) in [6.45, 7) is -0.560. The monoisotopic (exact) mass is 430 g/mol. The predicted molar refractivity (Wildman–Crippen MR) is 106 cm³/mol. The molecule has 0 aliphatic carbocycles. The van der Waals surface area contributed by atoms with E-state index in [-0.39, 0.29) is 30.4 Å². The quantitative estimate of drug-likeness (QED) is 0.141. The van der Waals surface area contributed by atoms with E-state index < -0.39 is 17.0 Å². The normalized spacial score (nSPS) is 10.2. The van der Waals surface area contributed by atoms with Gasteiger partial charge in [0, 0.05) is 6.08 Å². The van der Waals surface area contributed by atoms with Crippen LogP contribution in [0.1, 0.15) is 11.1 Å². The Morgan fingerprint density at radius 2 is 1.94 bits per heavy atom. The minimum absolute atomic E-state index is 0.147. The Balaban J connectivity index is 2.00. The van der Waals surface area contributed by atoms with Gasteiger partial charge in [-0.2, -0.15) is 0 Å². The van der Waals surface area contributed by atoms with Gasteiger partial charge in [0.05, 0.1) is 7.11 Å². The number of hydrogen-bond donors (Lipinski definition) is 1. The molecule has 0 atom stereocenters. The number of esters is 2. The molecular weight excluding hydrogens is 412 g/mol. The lowest BCUT2D eigenvalue weighted by atomic mass is 10.2. The van der Waals surface area contributed by atoms with Crippen LogP contribution in [0.5, 0.6) is 17.2 Å². The van der Waals surface area contributed by atoms with Gasteiger partial charge in [-0.05, 0) is 41.5 Å². The Labute approximate surface area is 176 Å². The van der Waals surface area contributed by atoms with Gasteiger partial charge in [0.2, 0.25) is 6.41 Å². The van der Waals surface area contributed by atoms with E-state index in [4.69, 9.17) is 14.2 Å². The molecule has 0 bridgehead atoms. The molecule has 0 aromatic heterocycles. The van der Waals surface area contributed by atoms with Gasteiger partial charge in [0.15, 0.2) is 11.5 Å². The standard InChI is InChI=1S/C20H18N2O9/c1-28-18-10-14(5-7-17(18)31-20(25)11-21-13-23)6-8-19(24)30-16-4-2-3-15(9-16)12-29-22(26)27/h2-10,13H,11-12H2,1H3,(H,21,23)/b8-6+. The first-order valence-corrected chi connectivity index (χ1v) is 8.73. The number of nitrogens with one attached hydrogen (secondary N) is 1. The first-order valence-electron chi connectivity index (χ1n) is 8.73. The molecule has 0 saturated heterocycles. The van der Waals surface area contributed by atoms with Gasteiger partial charge in [-0.3, -0.25) is 4.79 Å². The minimum atomic E-state index is -0.913. The van der Waals surface area contributed by atoms with Crippen molar-refractivity contribution in [1.82, 2.24) is 5.32 Å². The van der Waals surface area contributed by atoms with E-state index in [1.807, 2.05) is 0 Å². The second-order valence-corrected chi connectivity index (χ2v) is 5.78. The Bertz CT molecular complexity index is 988. The zero-order valence-electron chi connectivity index (χ0n) is 16.3. The molecule has 0 aliphatic rings. The third-order valence-corrected chi connectivity index (χ3v) is 3.61. The highest BCUT2D eigenvalue weighted by Crippen LogP contribution is 2.28. The predicted octanol–water partition coefficient (Wildman–Crippen LogP) is 1.67. The fraction of sp³-hybridized carbons (Fsp3) is 0.150. The van der Waals surface area contributed by atoms with Crippen molar-refractivity contribution in [3.8, 4) is 17.2 Å². The zero-order valence-corrected chi connectivity index (χ0v) is 16.3. The van der Waals surface area contributed by atoms with Crippen LogP contribution in [0, 0.1) is 10.1 Å². The number of benzene rings is 2. The van der Waals surface area contributed by atoms with Gasteiger partial charge in [-0.25, -0.2) is 9.59 Å². The average molecular weight is 430 g/mol. The summed E-state index contributed by atoms with van der Waals surface area (Å²) >= 11 is 0. The molecule has 0 fully saturated rings. The van der Waals surface area contributed by atoms with Gasteiger partial charge in [0.25, 0.3) is 5.09 Å². The highest BCUT2D eigenvalue weighted by Gasteiger charge is 2.10. The summed E-state index contributed by atoms with van der Waals surface area (Å²) in [5, 5.41) is 11.5. The van der Waals surface area contributed by atoms with Gasteiger partial charge in [-0.1, -0.05) is 18.2 Å². The van der Waals surface area contributed by atoms with Crippen LogP contribution in [0.15, 0.2) is 48.5 Å². The number of hydrogen-bond acceptors (Lipinski definition) is 9. The summed E-state index contributed by atoms with van der Waals surface area (Å²) in [5.74, 6) is -0.769. The van der Waals surface area contributed by atoms with E-state index in [0.717, 1.165) is 0 Å². The molecule has 0 heterocycles. The molecule has 11 heteroatoms. The third-order valence-electron chi connectivity index (χ3n) is 3.61. The Kier molecular flexibility index (Phi) is 8.53. The van der Waals surface area contributed by atoms with Crippen molar-refractivity contribution in [3.63, 3.8) is 0 Å². The molecule has 162 valence electrons. The van der Waals surface area contributed by atoms with Crippen LogP contribution in [0.25, 0.3) is 6.08 Å². The molecule has 1 amide bonds. The largest absolute Gasteiger partial charge is 0.493 e. The maximum absolute atomic E-state index is 12.0. The molecule has 0 spiro atoms. The van der Waals surface area contributed by atoms with E-state index in [0.29, 0.717) is 17.5 Å². The average Bonchev–Trinajstić information content (AvgIpc) is 2.75. The lowest BCUT2D eigenvalue weighted by Gasteiger charge is -2.09. The summed E-state index contributed by atoms with van der Waals surface area (Å²) in [6.07, 6.45) is 3.01. The highest BCUT2D eigenvalue weighted by molar-refractivity contribution is 5.89. The second-order valence-electron chi connectivity index (χ2n) is 5.78. The molecule has 1 N–H and O–H groups in total. The molecule has 2 aromatic rings. The van der Waals surface area contributed by atoms with E-state index in [2.05, 4.69) is 10.2 Å². The van der Waals surface area contributed by atoms with Crippen molar-refractivity contribution >= 4 is 24.4 Å². The van der Waals surface area contributed by atoms with Crippen molar-refractivity contribution < 1.29 is 38.5 Å². The number of carbonyl (C=O) groups excluding carboxylic acids is 3. The van der Waals surface area contributed by atoms with E-state index in [9.17, 15) is 24.5 Å². The van der Waals surface area contributed by atoms with Crippen LogP contribution in [0.2, 0.25) is 0 Å². The van der Waals surface area contributed by atoms with Crippen molar-refractivity contribution in [1.29, 1.82) is 0 Å². The molecule has 0 saturated carbocycles.